The van der Waals surface area contributed by atoms with E-state index in [2.05, 4.69) is 4.90 Å². The smallest absolute Gasteiger partial charge is 0.220 e. The van der Waals surface area contributed by atoms with Crippen LogP contribution >= 0.6 is 0 Å². The van der Waals surface area contributed by atoms with Crippen LogP contribution in [0.1, 0.15) is 30.1 Å². The lowest BCUT2D eigenvalue weighted by atomic mass is 9.96. The normalized spacial score (nSPS) is 16.6. The van der Waals surface area contributed by atoms with Crippen molar-refractivity contribution in [1.82, 2.24) is 0 Å². The Morgan fingerprint density at radius 1 is 1.28 bits per heavy atom. The number of benzene rings is 1. The van der Waals surface area contributed by atoms with Gasteiger partial charge in [0.05, 0.1) is 0 Å². The van der Waals surface area contributed by atoms with Gasteiger partial charge in [0.1, 0.15) is 0 Å². The van der Waals surface area contributed by atoms with E-state index in [9.17, 15) is 9.59 Å². The van der Waals surface area contributed by atoms with E-state index in [-0.39, 0.29) is 17.6 Å². The number of nitrogens with two attached hydrogens (primary N) is 1. The van der Waals surface area contributed by atoms with Gasteiger partial charge in [-0.3, -0.25) is 9.59 Å². The minimum Gasteiger partial charge on any atom is -0.371 e. The molecule has 4 heteroatoms. The summed E-state index contributed by atoms with van der Waals surface area (Å²) >= 11 is 0. The predicted molar refractivity (Wildman–Crippen MR) is 70.6 cm³/mol. The number of ketones is 1. The summed E-state index contributed by atoms with van der Waals surface area (Å²) in [5, 5.41) is 0. The van der Waals surface area contributed by atoms with E-state index in [1.807, 2.05) is 24.3 Å². The molecule has 0 unspecified atom stereocenters. The molecule has 0 aromatic heterocycles. The summed E-state index contributed by atoms with van der Waals surface area (Å²) in [6.45, 7) is 3.20. The second kappa shape index (κ2) is 5.21. The van der Waals surface area contributed by atoms with Gasteiger partial charge in [-0.2, -0.15) is 0 Å². The lowest BCUT2D eigenvalue weighted by molar-refractivity contribution is -0.122. The van der Waals surface area contributed by atoms with Crippen LogP contribution in [0, 0.1) is 5.92 Å². The third kappa shape index (κ3) is 2.70. The first-order chi connectivity index (χ1) is 8.58. The molecule has 0 radical (unpaired) electrons. The van der Waals surface area contributed by atoms with E-state index in [4.69, 9.17) is 5.73 Å². The van der Waals surface area contributed by atoms with Crippen LogP contribution in [-0.2, 0) is 4.79 Å². The number of hydrogen-bond acceptors (Lipinski definition) is 3. The molecule has 0 aliphatic carbocycles. The van der Waals surface area contributed by atoms with E-state index in [0.717, 1.165) is 37.2 Å². The lowest BCUT2D eigenvalue weighted by Crippen LogP contribution is -2.38. The zero-order valence-electron chi connectivity index (χ0n) is 10.6. The maximum absolute atomic E-state index is 11.3. The van der Waals surface area contributed by atoms with Crippen LogP contribution in [0.2, 0.25) is 0 Å². The zero-order chi connectivity index (χ0) is 13.1. The van der Waals surface area contributed by atoms with E-state index in [1.165, 1.54) is 0 Å². The number of primary amides is 1. The Kier molecular flexibility index (Phi) is 3.65. The first-order valence-corrected chi connectivity index (χ1v) is 6.23. The van der Waals surface area contributed by atoms with E-state index in [0.29, 0.717) is 0 Å². The molecule has 0 spiro atoms. The maximum Gasteiger partial charge on any atom is 0.220 e. The molecule has 1 amide bonds. The molecule has 4 nitrogen and oxygen atoms in total. The van der Waals surface area contributed by atoms with Gasteiger partial charge in [-0.05, 0) is 31.9 Å². The average Bonchev–Trinajstić information content (AvgIpc) is 2.39. The van der Waals surface area contributed by atoms with Crippen LogP contribution in [0.25, 0.3) is 0 Å². The first-order valence-electron chi connectivity index (χ1n) is 6.23. The summed E-state index contributed by atoms with van der Waals surface area (Å²) in [6, 6.07) is 7.62. The largest absolute Gasteiger partial charge is 0.371 e. The van der Waals surface area contributed by atoms with Crippen molar-refractivity contribution in [2.24, 2.45) is 11.7 Å². The van der Waals surface area contributed by atoms with Crippen molar-refractivity contribution in [1.29, 1.82) is 0 Å². The molecule has 0 atom stereocenters. The highest BCUT2D eigenvalue weighted by Gasteiger charge is 2.23. The molecule has 0 bridgehead atoms. The number of Topliss-reactive ketones (excluding diaryl/α,β-unsaturated/α-hetero) is 1. The van der Waals surface area contributed by atoms with Crippen molar-refractivity contribution in [3.63, 3.8) is 0 Å². The summed E-state index contributed by atoms with van der Waals surface area (Å²) in [5.41, 5.74) is 7.09. The molecule has 1 heterocycles. The molecule has 96 valence electrons. The number of carbonyl (C=O) groups excluding carboxylic acids is 2. The van der Waals surface area contributed by atoms with Crippen LogP contribution in [0.5, 0.6) is 0 Å². The van der Waals surface area contributed by atoms with Gasteiger partial charge in [-0.25, -0.2) is 0 Å². The highest BCUT2D eigenvalue weighted by Crippen LogP contribution is 2.23. The molecule has 18 heavy (non-hydrogen) atoms. The van der Waals surface area contributed by atoms with Crippen LogP contribution in [0.15, 0.2) is 24.3 Å². The number of amides is 1. The third-order valence-corrected chi connectivity index (χ3v) is 3.52. The number of piperidine rings is 1. The molecule has 1 aliphatic heterocycles. The molecular formula is C14H18N2O2. The second-order valence-electron chi connectivity index (χ2n) is 4.77. The van der Waals surface area contributed by atoms with Crippen molar-refractivity contribution >= 4 is 17.4 Å². The highest BCUT2D eigenvalue weighted by molar-refractivity contribution is 5.95. The Morgan fingerprint density at radius 3 is 2.50 bits per heavy atom. The van der Waals surface area contributed by atoms with Crippen LogP contribution in [-0.4, -0.2) is 24.8 Å². The van der Waals surface area contributed by atoms with Crippen molar-refractivity contribution in [3.8, 4) is 0 Å². The third-order valence-electron chi connectivity index (χ3n) is 3.52. The SMILES string of the molecule is CC(=O)c1cccc(N2CCC(C(N)=O)CC2)c1. The van der Waals surface area contributed by atoms with Crippen molar-refractivity contribution in [2.75, 3.05) is 18.0 Å². The topological polar surface area (TPSA) is 63.4 Å². The van der Waals surface area contributed by atoms with Gasteiger partial charge >= 0.3 is 0 Å². The van der Waals surface area contributed by atoms with E-state index < -0.39 is 0 Å². The molecule has 1 aromatic carbocycles. The maximum atomic E-state index is 11.3. The minimum absolute atomic E-state index is 0.00256. The number of carbonyl (C=O) groups is 2. The molecule has 1 aromatic rings. The minimum atomic E-state index is -0.202. The quantitative estimate of drug-likeness (QED) is 0.824. The highest BCUT2D eigenvalue weighted by atomic mass is 16.1. The van der Waals surface area contributed by atoms with E-state index in [1.54, 1.807) is 6.92 Å². The summed E-state index contributed by atoms with van der Waals surface area (Å²) in [5.74, 6) is -0.131. The average molecular weight is 246 g/mol. The van der Waals surface area contributed by atoms with Crippen LogP contribution in [0.4, 0.5) is 5.69 Å². The molecule has 1 fully saturated rings. The molecule has 0 saturated carbocycles. The van der Waals surface area contributed by atoms with Crippen molar-refractivity contribution in [2.45, 2.75) is 19.8 Å². The lowest BCUT2D eigenvalue weighted by Gasteiger charge is -2.32. The summed E-state index contributed by atoms with van der Waals surface area (Å²) in [7, 11) is 0. The Hall–Kier alpha value is -1.84. The van der Waals surface area contributed by atoms with Gasteiger partial charge in [0, 0.05) is 30.3 Å². The number of rotatable bonds is 3. The summed E-state index contributed by atoms with van der Waals surface area (Å²) < 4.78 is 0. The van der Waals surface area contributed by atoms with Crippen molar-refractivity contribution in [3.05, 3.63) is 29.8 Å². The van der Waals surface area contributed by atoms with Gasteiger partial charge in [0.15, 0.2) is 5.78 Å². The van der Waals surface area contributed by atoms with Crippen LogP contribution < -0.4 is 10.6 Å². The van der Waals surface area contributed by atoms with Gasteiger partial charge in [0.2, 0.25) is 5.91 Å². The van der Waals surface area contributed by atoms with Gasteiger partial charge < -0.3 is 10.6 Å². The summed E-state index contributed by atoms with van der Waals surface area (Å²) in [4.78, 5) is 24.6. The Morgan fingerprint density at radius 2 is 1.94 bits per heavy atom. The monoisotopic (exact) mass is 246 g/mol. The van der Waals surface area contributed by atoms with Gasteiger partial charge in [0.25, 0.3) is 0 Å². The van der Waals surface area contributed by atoms with Crippen LogP contribution in [0.3, 0.4) is 0 Å². The Labute approximate surface area is 107 Å². The second-order valence-corrected chi connectivity index (χ2v) is 4.77. The van der Waals surface area contributed by atoms with Crippen molar-refractivity contribution < 1.29 is 9.59 Å². The Balaban J connectivity index is 2.07. The molecule has 2 rings (SSSR count). The fourth-order valence-electron chi connectivity index (χ4n) is 2.34. The zero-order valence-corrected chi connectivity index (χ0v) is 10.6. The first kappa shape index (κ1) is 12.6. The molecular weight excluding hydrogens is 228 g/mol. The molecule has 2 N–H and O–H groups in total. The number of anilines is 1. The predicted octanol–water partition coefficient (Wildman–Crippen LogP) is 1.59. The summed E-state index contributed by atoms with van der Waals surface area (Å²) in [6.07, 6.45) is 1.58. The fourth-order valence-corrected chi connectivity index (χ4v) is 2.34. The number of hydrogen-bond donors (Lipinski definition) is 1. The van der Waals surface area contributed by atoms with Gasteiger partial charge in [-0.1, -0.05) is 12.1 Å². The fraction of sp³-hybridized carbons (Fsp3) is 0.429. The number of nitrogens with zero attached hydrogens (tertiary/aromatic N) is 1. The van der Waals surface area contributed by atoms with Gasteiger partial charge in [-0.15, -0.1) is 0 Å². The molecule has 1 saturated heterocycles. The van der Waals surface area contributed by atoms with E-state index >= 15 is 0 Å². The molecule has 1 aliphatic rings. The standard InChI is InChI=1S/C14H18N2O2/c1-10(17)12-3-2-4-13(9-12)16-7-5-11(6-8-16)14(15)18/h2-4,9,11H,5-8H2,1H3,(H2,15,18). The Bertz CT molecular complexity index is 463.